The molecule has 1 aliphatic rings. The highest BCUT2D eigenvalue weighted by Crippen LogP contribution is 2.08. The second-order valence-corrected chi connectivity index (χ2v) is 4.90. The predicted octanol–water partition coefficient (Wildman–Crippen LogP) is 0.955. The van der Waals surface area contributed by atoms with E-state index in [1.165, 1.54) is 25.9 Å². The Bertz CT molecular complexity index is 296. The predicted molar refractivity (Wildman–Crippen MR) is 65.3 cm³/mol. The van der Waals surface area contributed by atoms with Crippen LogP contribution in [0, 0.1) is 0 Å². The van der Waals surface area contributed by atoms with Gasteiger partial charge in [-0.2, -0.15) is 5.10 Å². The van der Waals surface area contributed by atoms with E-state index >= 15 is 0 Å². The van der Waals surface area contributed by atoms with Crippen LogP contribution in [0.3, 0.4) is 0 Å². The zero-order chi connectivity index (χ0) is 11.4. The van der Waals surface area contributed by atoms with Gasteiger partial charge < -0.3 is 10.2 Å². The van der Waals surface area contributed by atoms with Gasteiger partial charge in [-0.1, -0.05) is 0 Å². The van der Waals surface area contributed by atoms with Crippen molar-refractivity contribution in [3.63, 3.8) is 0 Å². The van der Waals surface area contributed by atoms with E-state index in [1.54, 1.807) is 0 Å². The third-order valence-electron chi connectivity index (χ3n) is 3.16. The van der Waals surface area contributed by atoms with E-state index in [1.807, 2.05) is 23.1 Å². The molecule has 0 amide bonds. The third-order valence-corrected chi connectivity index (χ3v) is 3.16. The number of rotatable bonds is 4. The molecule has 0 saturated carbocycles. The van der Waals surface area contributed by atoms with Crippen molar-refractivity contribution in [3.05, 3.63) is 18.5 Å². The van der Waals surface area contributed by atoms with Crippen molar-refractivity contribution in [1.29, 1.82) is 0 Å². The molecule has 4 heteroatoms. The molecule has 1 N–H and O–H groups in total. The van der Waals surface area contributed by atoms with Crippen LogP contribution in [-0.2, 0) is 6.54 Å². The average Bonchev–Trinajstić information content (AvgIpc) is 2.70. The first-order chi connectivity index (χ1) is 7.74. The lowest BCUT2D eigenvalue weighted by Crippen LogP contribution is -2.48. The van der Waals surface area contributed by atoms with E-state index in [4.69, 9.17) is 0 Å². The van der Waals surface area contributed by atoms with Crippen LogP contribution < -0.4 is 5.32 Å². The van der Waals surface area contributed by atoms with Gasteiger partial charge >= 0.3 is 0 Å². The molecule has 2 atom stereocenters. The first-order valence-electron chi connectivity index (χ1n) is 6.16. The molecular formula is C12H22N4. The van der Waals surface area contributed by atoms with Crippen LogP contribution in [0.25, 0.3) is 0 Å². The number of aromatic nitrogens is 2. The normalized spacial score (nSPS) is 24.5. The Hall–Kier alpha value is -0.870. The first kappa shape index (κ1) is 11.6. The summed E-state index contributed by atoms with van der Waals surface area (Å²) in [6.45, 7) is 5.60. The van der Waals surface area contributed by atoms with Crippen molar-refractivity contribution in [2.24, 2.45) is 0 Å². The van der Waals surface area contributed by atoms with Gasteiger partial charge in [0.25, 0.3) is 0 Å². The Morgan fingerprint density at radius 2 is 2.44 bits per heavy atom. The number of hydrogen-bond donors (Lipinski definition) is 1. The Kier molecular flexibility index (Phi) is 3.96. The standard InChI is InChI=1S/C12H22N4/c1-11(9-16-8-4-6-13-16)14-12-5-3-7-15(2)10-12/h4,6,8,11-12,14H,3,5,7,9-10H2,1-2H3. The zero-order valence-corrected chi connectivity index (χ0v) is 10.3. The Morgan fingerprint density at radius 1 is 1.56 bits per heavy atom. The number of hydrogen-bond acceptors (Lipinski definition) is 3. The lowest BCUT2D eigenvalue weighted by molar-refractivity contribution is 0.213. The van der Waals surface area contributed by atoms with E-state index in [9.17, 15) is 0 Å². The molecule has 0 radical (unpaired) electrons. The molecule has 1 aromatic heterocycles. The summed E-state index contributed by atoms with van der Waals surface area (Å²) in [5.41, 5.74) is 0. The van der Waals surface area contributed by atoms with Gasteiger partial charge in [0.15, 0.2) is 0 Å². The fourth-order valence-electron chi connectivity index (χ4n) is 2.45. The second kappa shape index (κ2) is 5.46. The van der Waals surface area contributed by atoms with Gasteiger partial charge in [-0.3, -0.25) is 4.68 Å². The maximum Gasteiger partial charge on any atom is 0.0560 e. The monoisotopic (exact) mass is 222 g/mol. The molecule has 1 saturated heterocycles. The van der Waals surface area contributed by atoms with Crippen LogP contribution in [0.2, 0.25) is 0 Å². The lowest BCUT2D eigenvalue weighted by atomic mass is 10.1. The third kappa shape index (κ3) is 3.32. The maximum atomic E-state index is 4.23. The van der Waals surface area contributed by atoms with E-state index in [0.717, 1.165) is 6.54 Å². The summed E-state index contributed by atoms with van der Waals surface area (Å²) in [6.07, 6.45) is 6.46. The Labute approximate surface area is 97.6 Å². The summed E-state index contributed by atoms with van der Waals surface area (Å²) < 4.78 is 1.99. The van der Waals surface area contributed by atoms with Gasteiger partial charge in [-0.15, -0.1) is 0 Å². The van der Waals surface area contributed by atoms with Crippen LogP contribution in [0.5, 0.6) is 0 Å². The molecule has 0 aliphatic carbocycles. The van der Waals surface area contributed by atoms with Crippen molar-refractivity contribution < 1.29 is 0 Å². The maximum absolute atomic E-state index is 4.23. The van der Waals surface area contributed by atoms with E-state index in [0.29, 0.717) is 12.1 Å². The van der Waals surface area contributed by atoms with Crippen molar-refractivity contribution >= 4 is 0 Å². The summed E-state index contributed by atoms with van der Waals surface area (Å²) in [7, 11) is 2.20. The van der Waals surface area contributed by atoms with E-state index < -0.39 is 0 Å². The van der Waals surface area contributed by atoms with Crippen molar-refractivity contribution in [3.8, 4) is 0 Å². The minimum atomic E-state index is 0.483. The molecule has 2 rings (SSSR count). The van der Waals surface area contributed by atoms with Gasteiger partial charge in [0.1, 0.15) is 0 Å². The minimum Gasteiger partial charge on any atom is -0.308 e. The largest absolute Gasteiger partial charge is 0.308 e. The van der Waals surface area contributed by atoms with Gasteiger partial charge in [0.05, 0.1) is 6.54 Å². The summed E-state index contributed by atoms with van der Waals surface area (Å²) in [5, 5.41) is 7.92. The molecule has 16 heavy (non-hydrogen) atoms. The molecule has 2 heterocycles. The van der Waals surface area contributed by atoms with Crippen LogP contribution in [0.4, 0.5) is 0 Å². The molecule has 0 bridgehead atoms. The summed E-state index contributed by atoms with van der Waals surface area (Å²) in [6, 6.07) is 3.10. The Balaban J connectivity index is 1.76. The van der Waals surface area contributed by atoms with Gasteiger partial charge in [0, 0.05) is 31.0 Å². The number of likely N-dealkylation sites (tertiary alicyclic amines) is 1. The van der Waals surface area contributed by atoms with Crippen LogP contribution in [0.1, 0.15) is 19.8 Å². The number of likely N-dealkylation sites (N-methyl/N-ethyl adjacent to an activating group) is 1. The number of nitrogens with zero attached hydrogens (tertiary/aromatic N) is 3. The molecular weight excluding hydrogens is 200 g/mol. The topological polar surface area (TPSA) is 33.1 Å². The molecule has 1 fully saturated rings. The highest BCUT2D eigenvalue weighted by molar-refractivity contribution is 4.82. The van der Waals surface area contributed by atoms with Gasteiger partial charge in [0.2, 0.25) is 0 Å². The summed E-state index contributed by atoms with van der Waals surface area (Å²) in [4.78, 5) is 2.40. The summed E-state index contributed by atoms with van der Waals surface area (Å²) in [5.74, 6) is 0. The smallest absolute Gasteiger partial charge is 0.0560 e. The molecule has 1 aromatic rings. The SMILES string of the molecule is CC(Cn1cccn1)NC1CCCN(C)C1. The zero-order valence-electron chi connectivity index (χ0n) is 10.3. The molecule has 90 valence electrons. The molecule has 1 aliphatic heterocycles. The van der Waals surface area contributed by atoms with Gasteiger partial charge in [-0.05, 0) is 39.4 Å². The number of nitrogens with one attached hydrogen (secondary N) is 1. The van der Waals surface area contributed by atoms with Crippen molar-refractivity contribution in [2.45, 2.75) is 38.4 Å². The highest BCUT2D eigenvalue weighted by atomic mass is 15.3. The molecule has 0 spiro atoms. The van der Waals surface area contributed by atoms with E-state index in [2.05, 4.69) is 29.3 Å². The highest BCUT2D eigenvalue weighted by Gasteiger charge is 2.18. The minimum absolute atomic E-state index is 0.483. The van der Waals surface area contributed by atoms with Crippen LogP contribution in [-0.4, -0.2) is 46.9 Å². The quantitative estimate of drug-likeness (QED) is 0.823. The molecule has 2 unspecified atom stereocenters. The lowest BCUT2D eigenvalue weighted by Gasteiger charge is -2.32. The van der Waals surface area contributed by atoms with E-state index in [-0.39, 0.29) is 0 Å². The van der Waals surface area contributed by atoms with Crippen molar-refractivity contribution in [2.75, 3.05) is 20.1 Å². The average molecular weight is 222 g/mol. The second-order valence-electron chi connectivity index (χ2n) is 4.90. The fraction of sp³-hybridized carbons (Fsp3) is 0.750. The molecule has 4 nitrogen and oxygen atoms in total. The van der Waals surface area contributed by atoms with Crippen molar-refractivity contribution in [1.82, 2.24) is 20.0 Å². The van der Waals surface area contributed by atoms with Gasteiger partial charge in [-0.25, -0.2) is 0 Å². The molecule has 0 aromatic carbocycles. The van der Waals surface area contributed by atoms with Crippen LogP contribution >= 0.6 is 0 Å². The summed E-state index contributed by atoms with van der Waals surface area (Å²) >= 11 is 0. The number of piperidine rings is 1. The Morgan fingerprint density at radius 3 is 3.12 bits per heavy atom. The fourth-order valence-corrected chi connectivity index (χ4v) is 2.45. The first-order valence-corrected chi connectivity index (χ1v) is 6.16. The van der Waals surface area contributed by atoms with Crippen LogP contribution in [0.15, 0.2) is 18.5 Å².